The van der Waals surface area contributed by atoms with Crippen LogP contribution >= 0.6 is 0 Å². The zero-order valence-electron chi connectivity index (χ0n) is 14.4. The van der Waals surface area contributed by atoms with Crippen molar-refractivity contribution in [2.75, 3.05) is 37.7 Å². The second kappa shape index (κ2) is 8.65. The number of nitrogens with one attached hydrogen (secondary N) is 1. The van der Waals surface area contributed by atoms with Gasteiger partial charge < -0.3 is 15.3 Å². The summed E-state index contributed by atoms with van der Waals surface area (Å²) >= 11 is 0. The molecule has 0 saturated carbocycles. The van der Waals surface area contributed by atoms with Gasteiger partial charge in [-0.2, -0.15) is 0 Å². The van der Waals surface area contributed by atoms with Crippen LogP contribution in [-0.2, 0) is 17.9 Å². The molecule has 132 valence electrons. The fourth-order valence-corrected chi connectivity index (χ4v) is 3.18. The van der Waals surface area contributed by atoms with E-state index in [1.54, 1.807) is 0 Å². The molecule has 0 bridgehead atoms. The Hall–Kier alpha value is -2.37. The second-order valence-corrected chi connectivity index (χ2v) is 6.30. The van der Waals surface area contributed by atoms with Gasteiger partial charge in [-0.25, -0.2) is 0 Å². The molecule has 0 aromatic heterocycles. The average Bonchev–Trinajstić information content (AvgIpc) is 2.68. The summed E-state index contributed by atoms with van der Waals surface area (Å²) in [4.78, 5) is 16.2. The number of nitrogens with zero attached hydrogens (tertiary/aromatic N) is 2. The Bertz CT molecular complexity index is 682. The zero-order valence-corrected chi connectivity index (χ0v) is 14.4. The number of amides is 1. The molecule has 1 aliphatic heterocycles. The summed E-state index contributed by atoms with van der Waals surface area (Å²) in [6.07, 6.45) is 0. The van der Waals surface area contributed by atoms with Gasteiger partial charge in [0.1, 0.15) is 6.61 Å². The van der Waals surface area contributed by atoms with Crippen molar-refractivity contribution in [1.29, 1.82) is 0 Å². The van der Waals surface area contributed by atoms with Crippen LogP contribution < -0.4 is 10.2 Å². The molecule has 1 amide bonds. The molecule has 0 unspecified atom stereocenters. The van der Waals surface area contributed by atoms with Gasteiger partial charge in [-0.3, -0.25) is 9.69 Å². The van der Waals surface area contributed by atoms with Gasteiger partial charge in [-0.15, -0.1) is 0 Å². The first-order chi connectivity index (χ1) is 12.3. The van der Waals surface area contributed by atoms with E-state index in [0.717, 1.165) is 38.3 Å². The van der Waals surface area contributed by atoms with Crippen molar-refractivity contribution in [3.05, 3.63) is 65.7 Å². The molecule has 0 atom stereocenters. The molecular weight excluding hydrogens is 314 g/mol. The molecule has 1 heterocycles. The van der Waals surface area contributed by atoms with Crippen LogP contribution in [0.15, 0.2) is 54.6 Å². The molecule has 1 saturated heterocycles. The molecule has 2 N–H and O–H groups in total. The number of hydrogen-bond donors (Lipinski definition) is 2. The Morgan fingerprint density at radius 3 is 2.24 bits per heavy atom. The number of anilines is 1. The molecule has 0 aliphatic carbocycles. The number of aliphatic hydroxyl groups is 1. The van der Waals surface area contributed by atoms with E-state index in [1.807, 2.05) is 24.3 Å². The van der Waals surface area contributed by atoms with Crippen molar-refractivity contribution in [2.24, 2.45) is 0 Å². The van der Waals surface area contributed by atoms with Gasteiger partial charge in [0.2, 0.25) is 5.91 Å². The van der Waals surface area contributed by atoms with Crippen molar-refractivity contribution in [1.82, 2.24) is 10.2 Å². The van der Waals surface area contributed by atoms with Crippen molar-refractivity contribution in [3.63, 3.8) is 0 Å². The van der Waals surface area contributed by atoms with E-state index >= 15 is 0 Å². The highest BCUT2D eigenvalue weighted by atomic mass is 16.3. The minimum Gasteiger partial charge on any atom is -0.387 e. The highest BCUT2D eigenvalue weighted by Gasteiger charge is 2.18. The van der Waals surface area contributed by atoms with Crippen LogP contribution in [0.3, 0.4) is 0 Å². The maximum Gasteiger partial charge on any atom is 0.245 e. The summed E-state index contributed by atoms with van der Waals surface area (Å²) in [5, 5.41) is 11.6. The van der Waals surface area contributed by atoms with Gasteiger partial charge in [0, 0.05) is 45.0 Å². The fourth-order valence-electron chi connectivity index (χ4n) is 3.18. The first-order valence-corrected chi connectivity index (χ1v) is 8.73. The van der Waals surface area contributed by atoms with Crippen LogP contribution in [0.25, 0.3) is 0 Å². The normalized spacial score (nSPS) is 15.2. The minimum atomic E-state index is -0.469. The number of hydrogen-bond acceptors (Lipinski definition) is 4. The topological polar surface area (TPSA) is 55.8 Å². The smallest absolute Gasteiger partial charge is 0.245 e. The third-order valence-corrected chi connectivity index (χ3v) is 4.63. The summed E-state index contributed by atoms with van der Waals surface area (Å²) in [6, 6.07) is 18.7. The molecule has 5 heteroatoms. The molecule has 1 aliphatic rings. The van der Waals surface area contributed by atoms with Crippen LogP contribution in [0.1, 0.15) is 11.1 Å². The third kappa shape index (κ3) is 4.81. The standard InChI is InChI=1S/C20H25N3O2/c24-16-20(25)21-14-17-6-4-5-7-18(17)15-22-10-12-23(13-11-22)19-8-2-1-3-9-19/h1-9,24H,10-16H2,(H,21,25). The monoisotopic (exact) mass is 339 g/mol. The van der Waals surface area contributed by atoms with E-state index < -0.39 is 6.61 Å². The molecule has 2 aromatic carbocycles. The molecule has 2 aromatic rings. The van der Waals surface area contributed by atoms with E-state index in [-0.39, 0.29) is 5.91 Å². The second-order valence-electron chi connectivity index (χ2n) is 6.30. The molecule has 0 spiro atoms. The summed E-state index contributed by atoms with van der Waals surface area (Å²) < 4.78 is 0. The molecule has 0 radical (unpaired) electrons. The van der Waals surface area contributed by atoms with Gasteiger partial charge in [-0.1, -0.05) is 42.5 Å². The molecule has 3 rings (SSSR count). The Balaban J connectivity index is 1.56. The van der Waals surface area contributed by atoms with Crippen molar-refractivity contribution < 1.29 is 9.90 Å². The Kier molecular flexibility index (Phi) is 6.04. The van der Waals surface area contributed by atoms with Crippen molar-refractivity contribution in [2.45, 2.75) is 13.1 Å². The van der Waals surface area contributed by atoms with Crippen LogP contribution in [0.4, 0.5) is 5.69 Å². The van der Waals surface area contributed by atoms with Crippen LogP contribution in [0.2, 0.25) is 0 Å². The SMILES string of the molecule is O=C(CO)NCc1ccccc1CN1CCN(c2ccccc2)CC1. The van der Waals surface area contributed by atoms with Crippen molar-refractivity contribution in [3.8, 4) is 0 Å². The highest BCUT2D eigenvalue weighted by molar-refractivity contribution is 5.76. The zero-order chi connectivity index (χ0) is 17.5. The summed E-state index contributed by atoms with van der Waals surface area (Å²) in [5.41, 5.74) is 3.62. The van der Waals surface area contributed by atoms with Gasteiger partial charge in [0.05, 0.1) is 0 Å². The number of carbonyl (C=O) groups excluding carboxylic acids is 1. The highest BCUT2D eigenvalue weighted by Crippen LogP contribution is 2.18. The Morgan fingerprint density at radius 1 is 0.920 bits per heavy atom. The van der Waals surface area contributed by atoms with Crippen LogP contribution in [0.5, 0.6) is 0 Å². The summed E-state index contributed by atoms with van der Waals surface area (Å²) in [7, 11) is 0. The summed E-state index contributed by atoms with van der Waals surface area (Å²) in [6.45, 7) is 4.95. The van der Waals surface area contributed by atoms with E-state index in [0.29, 0.717) is 6.54 Å². The predicted molar refractivity (Wildman–Crippen MR) is 99.3 cm³/mol. The summed E-state index contributed by atoms with van der Waals surface area (Å²) in [5.74, 6) is -0.341. The lowest BCUT2D eigenvalue weighted by Crippen LogP contribution is -2.46. The predicted octanol–water partition coefficient (Wildman–Crippen LogP) is 1.62. The Morgan fingerprint density at radius 2 is 1.56 bits per heavy atom. The molecule has 5 nitrogen and oxygen atoms in total. The largest absolute Gasteiger partial charge is 0.387 e. The number of rotatable bonds is 6. The van der Waals surface area contributed by atoms with Gasteiger partial charge in [-0.05, 0) is 23.3 Å². The molecule has 1 fully saturated rings. The minimum absolute atomic E-state index is 0.341. The average molecular weight is 339 g/mol. The number of piperazine rings is 1. The van der Waals surface area contributed by atoms with Crippen LogP contribution in [-0.4, -0.2) is 48.7 Å². The lowest BCUT2D eigenvalue weighted by atomic mass is 10.1. The first kappa shape index (κ1) is 17.5. The van der Waals surface area contributed by atoms with E-state index in [4.69, 9.17) is 5.11 Å². The van der Waals surface area contributed by atoms with E-state index in [1.165, 1.54) is 11.3 Å². The lowest BCUT2D eigenvalue weighted by Gasteiger charge is -2.36. The van der Waals surface area contributed by atoms with Gasteiger partial charge >= 0.3 is 0 Å². The van der Waals surface area contributed by atoms with Gasteiger partial charge in [0.15, 0.2) is 0 Å². The fraction of sp³-hybridized carbons (Fsp3) is 0.350. The maximum atomic E-state index is 11.3. The lowest BCUT2D eigenvalue weighted by molar-refractivity contribution is -0.123. The van der Waals surface area contributed by atoms with Gasteiger partial charge in [0.25, 0.3) is 0 Å². The first-order valence-electron chi connectivity index (χ1n) is 8.73. The maximum absolute atomic E-state index is 11.3. The number of aliphatic hydroxyl groups excluding tert-OH is 1. The quantitative estimate of drug-likeness (QED) is 0.840. The Labute approximate surface area is 148 Å². The van der Waals surface area contributed by atoms with Crippen molar-refractivity contribution >= 4 is 11.6 Å². The van der Waals surface area contributed by atoms with Crippen LogP contribution in [0, 0.1) is 0 Å². The third-order valence-electron chi connectivity index (χ3n) is 4.63. The number of para-hydroxylation sites is 1. The number of carbonyl (C=O) groups is 1. The number of benzene rings is 2. The molecule has 25 heavy (non-hydrogen) atoms. The molecular formula is C20H25N3O2. The van der Waals surface area contributed by atoms with E-state index in [9.17, 15) is 4.79 Å². The van der Waals surface area contributed by atoms with E-state index in [2.05, 4.69) is 45.4 Å².